The van der Waals surface area contributed by atoms with Crippen molar-refractivity contribution in [2.45, 2.75) is 88.7 Å². The van der Waals surface area contributed by atoms with Crippen molar-refractivity contribution in [2.75, 3.05) is 37.5 Å². The third-order valence-corrected chi connectivity index (χ3v) is 14.1. The van der Waals surface area contributed by atoms with E-state index in [1.54, 1.807) is 13.2 Å². The zero-order valence-electron chi connectivity index (χ0n) is 28.6. The van der Waals surface area contributed by atoms with E-state index in [1.165, 1.54) is 11.1 Å². The normalized spacial score (nSPS) is 31.1. The van der Waals surface area contributed by atoms with Crippen LogP contribution in [-0.2, 0) is 32.9 Å². The number of ether oxygens (including phenoxy) is 2. The van der Waals surface area contributed by atoms with Gasteiger partial charge < -0.3 is 14.4 Å². The van der Waals surface area contributed by atoms with E-state index in [-0.39, 0.29) is 40.1 Å². The molecule has 10 heteroatoms. The number of hydrogen-bond donors (Lipinski definition) is 1. The van der Waals surface area contributed by atoms with Crippen LogP contribution in [0.25, 0.3) is 0 Å². The number of carbonyl (C=O) groups is 1. The van der Waals surface area contributed by atoms with Crippen molar-refractivity contribution in [1.29, 1.82) is 0 Å². The molecule has 1 saturated carbocycles. The van der Waals surface area contributed by atoms with Gasteiger partial charge in [-0.05, 0) is 91.8 Å². The fourth-order valence-corrected chi connectivity index (χ4v) is 9.66. The summed E-state index contributed by atoms with van der Waals surface area (Å²) in [6, 6.07) is 11.7. The fourth-order valence-electron chi connectivity index (χ4n) is 7.24. The average molecular weight is 703 g/mol. The second-order valence-corrected chi connectivity index (χ2v) is 17.9. The van der Waals surface area contributed by atoms with Crippen LogP contribution in [0.15, 0.2) is 48.6 Å². The van der Waals surface area contributed by atoms with Gasteiger partial charge in [0.15, 0.2) is 0 Å². The molecule has 1 aliphatic carbocycles. The summed E-state index contributed by atoms with van der Waals surface area (Å²) in [5.74, 6) is 1.39. The van der Waals surface area contributed by atoms with Gasteiger partial charge in [-0.15, -0.1) is 0 Å². The molecule has 0 aromatic heterocycles. The number of aryl methyl sites for hydroxylation is 1. The van der Waals surface area contributed by atoms with E-state index in [0.29, 0.717) is 30.9 Å². The molecule has 0 radical (unpaired) electrons. The average Bonchev–Trinajstić information content (AvgIpc) is 3.21. The number of hydrogen-bond acceptors (Lipinski definition) is 6. The maximum atomic E-state index is 13.5. The van der Waals surface area contributed by atoms with Crippen LogP contribution in [0.3, 0.4) is 0 Å². The van der Waals surface area contributed by atoms with E-state index in [0.717, 1.165) is 48.7 Å². The van der Waals surface area contributed by atoms with Crippen molar-refractivity contribution in [2.24, 2.45) is 17.8 Å². The van der Waals surface area contributed by atoms with Gasteiger partial charge in [-0.25, -0.2) is 4.21 Å². The van der Waals surface area contributed by atoms with Crippen molar-refractivity contribution >= 4 is 45.0 Å². The molecule has 258 valence electrons. The standard InChI is InChI=1S/C37H51ClN2O5S2/c1-7-9-27-18-31(38)13-14-32(27)30-21-40-20-29-11-15-33(29)37(44-6,23-46(42)24(2)3)17-8-10-25(4)26(5)47(43)39-36(41)28-12-16-35(45-22-30)34(40)19-28/h8,12-14,16-19,24-26,29-30,33H,7,9-11,15,20-23H2,1-6H3,(H,39,41)/b17-8+/t25?,26?,29?,30?,33?,37-,46?,47?/m1/s1. The number of nitrogens with zero attached hydrogens (tertiary/aromatic N) is 1. The molecule has 2 aliphatic heterocycles. The van der Waals surface area contributed by atoms with Gasteiger partial charge in [0, 0.05) is 52.8 Å². The molecule has 1 amide bonds. The van der Waals surface area contributed by atoms with Gasteiger partial charge in [-0.1, -0.05) is 63.9 Å². The first-order chi connectivity index (χ1) is 22.5. The molecule has 8 atom stereocenters. The first-order valence-electron chi connectivity index (χ1n) is 17.1. The number of allylic oxidation sites excluding steroid dienone is 1. The quantitative estimate of drug-likeness (QED) is 0.307. The molecule has 1 fully saturated rings. The molecule has 2 heterocycles. The van der Waals surface area contributed by atoms with Gasteiger partial charge in [-0.2, -0.15) is 0 Å². The third kappa shape index (κ3) is 8.00. The molecule has 2 bridgehead atoms. The number of nitrogens with one attached hydrogen (secondary N) is 1. The number of carbonyl (C=O) groups excluding carboxylic acids is 1. The smallest absolute Gasteiger partial charge is 0.263 e. The highest BCUT2D eigenvalue weighted by Gasteiger charge is 2.48. The zero-order chi connectivity index (χ0) is 33.9. The van der Waals surface area contributed by atoms with E-state index < -0.39 is 27.4 Å². The number of fused-ring (bicyclic) bond motifs is 2. The molecule has 0 saturated heterocycles. The minimum Gasteiger partial charge on any atom is -0.491 e. The molecule has 0 spiro atoms. The number of rotatable bonds is 7. The molecular weight excluding hydrogens is 652 g/mol. The SMILES string of the molecule is CCCc1cc(Cl)ccc1C1COc2ccc3cc2N(C1)CC1CCC1[C@@](CS(=O)C(C)C)(OC)/C=C/CC(C)C(C)S(=O)NC3=O. The molecule has 7 nitrogen and oxygen atoms in total. The maximum Gasteiger partial charge on any atom is 0.263 e. The van der Waals surface area contributed by atoms with Crippen molar-refractivity contribution in [3.05, 3.63) is 70.3 Å². The summed E-state index contributed by atoms with van der Waals surface area (Å²) >= 11 is 6.45. The van der Waals surface area contributed by atoms with Gasteiger partial charge in [0.2, 0.25) is 0 Å². The molecule has 3 aliphatic rings. The van der Waals surface area contributed by atoms with Crippen molar-refractivity contribution in [3.63, 3.8) is 0 Å². The van der Waals surface area contributed by atoms with Gasteiger partial charge >= 0.3 is 0 Å². The Balaban J connectivity index is 1.59. The molecule has 47 heavy (non-hydrogen) atoms. The van der Waals surface area contributed by atoms with E-state index in [4.69, 9.17) is 21.1 Å². The predicted molar refractivity (Wildman–Crippen MR) is 194 cm³/mol. The topological polar surface area (TPSA) is 84.9 Å². The second-order valence-electron chi connectivity index (χ2n) is 13.9. The van der Waals surface area contributed by atoms with Crippen LogP contribution in [0.5, 0.6) is 5.75 Å². The fraction of sp³-hybridized carbons (Fsp3) is 0.595. The summed E-state index contributed by atoms with van der Waals surface area (Å²) in [4.78, 5) is 15.8. The van der Waals surface area contributed by atoms with Crippen LogP contribution in [-0.4, -0.2) is 63.0 Å². The molecule has 7 unspecified atom stereocenters. The minimum atomic E-state index is -1.58. The number of amides is 1. The number of anilines is 1. The van der Waals surface area contributed by atoms with Crippen molar-refractivity contribution in [1.82, 2.24) is 4.72 Å². The van der Waals surface area contributed by atoms with Crippen LogP contribution < -0.4 is 14.4 Å². The van der Waals surface area contributed by atoms with Crippen LogP contribution in [0.4, 0.5) is 5.69 Å². The summed E-state index contributed by atoms with van der Waals surface area (Å²) in [7, 11) is -0.900. The summed E-state index contributed by atoms with van der Waals surface area (Å²) in [5.41, 5.74) is 3.11. The predicted octanol–water partition coefficient (Wildman–Crippen LogP) is 7.22. The molecule has 2 aromatic rings. The lowest BCUT2D eigenvalue weighted by atomic mass is 9.64. The molecule has 2 aromatic carbocycles. The Morgan fingerprint density at radius 3 is 2.64 bits per heavy atom. The Morgan fingerprint density at radius 2 is 1.96 bits per heavy atom. The van der Waals surface area contributed by atoms with Crippen LogP contribution in [0.2, 0.25) is 5.02 Å². The van der Waals surface area contributed by atoms with E-state index in [2.05, 4.69) is 47.8 Å². The van der Waals surface area contributed by atoms with E-state index in [9.17, 15) is 13.2 Å². The summed E-state index contributed by atoms with van der Waals surface area (Å²) in [6.45, 7) is 12.1. The molecule has 1 N–H and O–H groups in total. The summed E-state index contributed by atoms with van der Waals surface area (Å²) in [5, 5.41) is 0.481. The monoisotopic (exact) mass is 702 g/mol. The highest BCUT2D eigenvalue weighted by Crippen LogP contribution is 2.47. The Labute approximate surface area is 291 Å². The first kappa shape index (κ1) is 36.1. The van der Waals surface area contributed by atoms with Gasteiger partial charge in [0.1, 0.15) is 22.3 Å². The first-order valence-corrected chi connectivity index (χ1v) is 20.0. The van der Waals surface area contributed by atoms with Crippen LogP contribution in [0, 0.1) is 17.8 Å². The zero-order valence-corrected chi connectivity index (χ0v) is 31.0. The van der Waals surface area contributed by atoms with Crippen LogP contribution >= 0.6 is 11.6 Å². The Hall–Kier alpha value is -2.20. The molecule has 5 rings (SSSR count). The van der Waals surface area contributed by atoms with Gasteiger partial charge in [0.25, 0.3) is 5.91 Å². The summed E-state index contributed by atoms with van der Waals surface area (Å²) in [6.07, 6.45) is 8.89. The Morgan fingerprint density at radius 1 is 1.17 bits per heavy atom. The number of methoxy groups -OCH3 is 1. The third-order valence-electron chi connectivity index (χ3n) is 10.5. The highest BCUT2D eigenvalue weighted by molar-refractivity contribution is 7.85. The lowest BCUT2D eigenvalue weighted by Gasteiger charge is -2.50. The van der Waals surface area contributed by atoms with Gasteiger partial charge in [-0.3, -0.25) is 13.7 Å². The Kier molecular flexibility index (Phi) is 12.0. The summed E-state index contributed by atoms with van der Waals surface area (Å²) < 4.78 is 42.4. The number of benzene rings is 2. The number of halogens is 1. The molecular formula is C37H51ClN2O5S2. The van der Waals surface area contributed by atoms with Crippen molar-refractivity contribution < 1.29 is 22.7 Å². The second kappa shape index (κ2) is 15.6. The van der Waals surface area contributed by atoms with Crippen LogP contribution in [0.1, 0.15) is 87.7 Å². The van der Waals surface area contributed by atoms with E-state index >= 15 is 0 Å². The van der Waals surface area contributed by atoms with E-state index in [1.807, 2.05) is 39.0 Å². The Bertz CT molecular complexity index is 1520. The maximum absolute atomic E-state index is 13.5. The lowest BCUT2D eigenvalue weighted by molar-refractivity contribution is -0.0591. The minimum absolute atomic E-state index is 0.0183. The van der Waals surface area contributed by atoms with Gasteiger partial charge in [0.05, 0.1) is 23.3 Å². The largest absolute Gasteiger partial charge is 0.491 e. The lowest BCUT2D eigenvalue weighted by Crippen LogP contribution is -2.54. The highest BCUT2D eigenvalue weighted by atomic mass is 35.5. The van der Waals surface area contributed by atoms with Crippen molar-refractivity contribution in [3.8, 4) is 5.75 Å².